The molecule has 0 heterocycles. The average Bonchev–Trinajstić information content (AvgIpc) is 2.59. The molecule has 0 atom stereocenters. The lowest BCUT2D eigenvalue weighted by atomic mass is 9.82. The van der Waals surface area contributed by atoms with Gasteiger partial charge in [0.1, 0.15) is 0 Å². The van der Waals surface area contributed by atoms with Gasteiger partial charge in [0.2, 0.25) is 0 Å². The molecule has 0 radical (unpaired) electrons. The first-order chi connectivity index (χ1) is 11.2. The van der Waals surface area contributed by atoms with E-state index in [4.69, 9.17) is 0 Å². The number of benzene rings is 2. The van der Waals surface area contributed by atoms with E-state index >= 15 is 0 Å². The van der Waals surface area contributed by atoms with Crippen LogP contribution in [0, 0.1) is 11.8 Å². The third-order valence-corrected chi connectivity index (χ3v) is 4.08. The van der Waals surface area contributed by atoms with E-state index in [-0.39, 0.29) is 11.6 Å². The van der Waals surface area contributed by atoms with Crippen molar-refractivity contribution >= 4 is 11.6 Å². The zero-order valence-electron chi connectivity index (χ0n) is 13.2. The Morgan fingerprint density at radius 3 is 2.26 bits per heavy atom. The van der Waals surface area contributed by atoms with Crippen LogP contribution in [0.4, 0.5) is 0 Å². The van der Waals surface area contributed by atoms with Gasteiger partial charge in [0.15, 0.2) is 11.6 Å². The summed E-state index contributed by atoms with van der Waals surface area (Å²) in [6.07, 6.45) is 4.20. The van der Waals surface area contributed by atoms with Gasteiger partial charge in [0.05, 0.1) is 0 Å². The molecule has 2 heteroatoms. The minimum absolute atomic E-state index is 0.0927. The third kappa shape index (κ3) is 2.83. The van der Waals surface area contributed by atoms with E-state index < -0.39 is 0 Å². The highest BCUT2D eigenvalue weighted by Crippen LogP contribution is 2.29. The molecule has 1 aliphatic rings. The predicted octanol–water partition coefficient (Wildman–Crippen LogP) is 4.39. The van der Waals surface area contributed by atoms with Crippen LogP contribution < -0.4 is 0 Å². The standard InChI is InChI=1S/C21H18O2/c1-2-3-4-5-6-10-15-11-9-14-18-19(15)21(23)17-13-8-7-12-16(17)20(18)22/h7-9,11-14H,2-5H2,1H3. The van der Waals surface area contributed by atoms with Crippen LogP contribution in [0.1, 0.15) is 70.0 Å². The second-order valence-electron chi connectivity index (χ2n) is 5.69. The fraction of sp³-hybridized carbons (Fsp3) is 0.238. The van der Waals surface area contributed by atoms with Gasteiger partial charge in [-0.15, -0.1) is 0 Å². The molecule has 0 aromatic heterocycles. The second-order valence-corrected chi connectivity index (χ2v) is 5.69. The summed E-state index contributed by atoms with van der Waals surface area (Å²) in [5.41, 5.74) is 2.54. The van der Waals surface area contributed by atoms with Gasteiger partial charge in [0.25, 0.3) is 0 Å². The summed E-state index contributed by atoms with van der Waals surface area (Å²) in [5, 5.41) is 0. The van der Waals surface area contributed by atoms with Crippen molar-refractivity contribution in [3.8, 4) is 11.8 Å². The zero-order chi connectivity index (χ0) is 16.2. The van der Waals surface area contributed by atoms with E-state index in [9.17, 15) is 9.59 Å². The van der Waals surface area contributed by atoms with Gasteiger partial charge in [-0.3, -0.25) is 9.59 Å². The molecular formula is C21H18O2. The average molecular weight is 302 g/mol. The molecule has 0 unspecified atom stereocenters. The van der Waals surface area contributed by atoms with E-state index in [0.717, 1.165) is 25.7 Å². The predicted molar refractivity (Wildman–Crippen MR) is 90.8 cm³/mol. The lowest BCUT2D eigenvalue weighted by molar-refractivity contribution is 0.0979. The molecule has 114 valence electrons. The maximum absolute atomic E-state index is 12.8. The molecule has 2 aromatic rings. The van der Waals surface area contributed by atoms with Gasteiger partial charge in [-0.25, -0.2) is 0 Å². The summed E-state index contributed by atoms with van der Waals surface area (Å²) < 4.78 is 0. The van der Waals surface area contributed by atoms with Gasteiger partial charge in [-0.2, -0.15) is 0 Å². The monoisotopic (exact) mass is 302 g/mol. The lowest BCUT2D eigenvalue weighted by Crippen LogP contribution is -2.21. The number of rotatable bonds is 3. The quantitative estimate of drug-likeness (QED) is 0.531. The molecule has 0 aliphatic heterocycles. The van der Waals surface area contributed by atoms with Crippen LogP contribution in [-0.2, 0) is 0 Å². The number of hydrogen-bond donors (Lipinski definition) is 0. The molecular weight excluding hydrogens is 284 g/mol. The summed E-state index contributed by atoms with van der Waals surface area (Å²) >= 11 is 0. The number of fused-ring (bicyclic) bond motifs is 2. The topological polar surface area (TPSA) is 34.1 Å². The van der Waals surface area contributed by atoms with Crippen molar-refractivity contribution in [3.63, 3.8) is 0 Å². The van der Waals surface area contributed by atoms with Crippen LogP contribution in [0.2, 0.25) is 0 Å². The fourth-order valence-electron chi connectivity index (χ4n) is 2.87. The van der Waals surface area contributed by atoms with E-state index in [2.05, 4.69) is 18.8 Å². The van der Waals surface area contributed by atoms with Gasteiger partial charge in [-0.05, 0) is 12.5 Å². The Labute approximate surface area is 136 Å². The number of ketones is 2. The molecule has 23 heavy (non-hydrogen) atoms. The van der Waals surface area contributed by atoms with Crippen molar-refractivity contribution in [2.45, 2.75) is 32.6 Å². The van der Waals surface area contributed by atoms with Crippen LogP contribution in [-0.4, -0.2) is 11.6 Å². The Kier molecular flexibility index (Phi) is 4.39. The van der Waals surface area contributed by atoms with E-state index in [1.807, 2.05) is 6.07 Å². The summed E-state index contributed by atoms with van der Waals surface area (Å²) in [4.78, 5) is 25.4. The summed E-state index contributed by atoms with van der Waals surface area (Å²) in [6, 6.07) is 12.3. The Bertz CT molecular complexity index is 834. The number of hydrogen-bond acceptors (Lipinski definition) is 2. The minimum Gasteiger partial charge on any atom is -0.289 e. The first-order valence-corrected chi connectivity index (χ1v) is 8.04. The van der Waals surface area contributed by atoms with Crippen molar-refractivity contribution < 1.29 is 9.59 Å². The van der Waals surface area contributed by atoms with E-state index in [0.29, 0.717) is 27.8 Å². The van der Waals surface area contributed by atoms with E-state index in [1.165, 1.54) is 0 Å². The fourth-order valence-corrected chi connectivity index (χ4v) is 2.87. The van der Waals surface area contributed by atoms with Gasteiger partial charge in [-0.1, -0.05) is 68.0 Å². The van der Waals surface area contributed by atoms with Crippen molar-refractivity contribution in [1.82, 2.24) is 0 Å². The molecule has 1 aliphatic carbocycles. The van der Waals surface area contributed by atoms with Crippen LogP contribution >= 0.6 is 0 Å². The zero-order valence-corrected chi connectivity index (χ0v) is 13.2. The Morgan fingerprint density at radius 2 is 1.52 bits per heavy atom. The van der Waals surface area contributed by atoms with Crippen molar-refractivity contribution in [3.05, 3.63) is 70.3 Å². The molecule has 2 nitrogen and oxygen atoms in total. The molecule has 0 saturated heterocycles. The van der Waals surface area contributed by atoms with Gasteiger partial charge >= 0.3 is 0 Å². The summed E-state index contributed by atoms with van der Waals surface area (Å²) in [5.74, 6) is 6.03. The van der Waals surface area contributed by atoms with Crippen LogP contribution in [0.5, 0.6) is 0 Å². The maximum atomic E-state index is 12.8. The third-order valence-electron chi connectivity index (χ3n) is 4.08. The highest BCUT2D eigenvalue weighted by Gasteiger charge is 2.30. The number of carbonyl (C=O) groups excluding carboxylic acids is 2. The molecule has 3 rings (SSSR count). The van der Waals surface area contributed by atoms with E-state index in [1.54, 1.807) is 36.4 Å². The second kappa shape index (κ2) is 6.62. The molecule has 0 bridgehead atoms. The normalized spacial score (nSPS) is 12.2. The summed E-state index contributed by atoms with van der Waals surface area (Å²) in [6.45, 7) is 2.16. The van der Waals surface area contributed by atoms with Gasteiger partial charge < -0.3 is 0 Å². The first-order valence-electron chi connectivity index (χ1n) is 8.04. The Balaban J connectivity index is 2.01. The smallest absolute Gasteiger partial charge is 0.195 e. The van der Waals surface area contributed by atoms with Crippen LogP contribution in [0.25, 0.3) is 0 Å². The highest BCUT2D eigenvalue weighted by atomic mass is 16.1. The molecule has 0 spiro atoms. The molecule has 0 amide bonds. The minimum atomic E-state index is -0.103. The molecule has 0 fully saturated rings. The highest BCUT2D eigenvalue weighted by molar-refractivity contribution is 6.29. The molecule has 0 saturated carbocycles. The van der Waals surface area contributed by atoms with Crippen molar-refractivity contribution in [2.75, 3.05) is 0 Å². The van der Waals surface area contributed by atoms with Gasteiger partial charge in [0, 0.05) is 34.2 Å². The number of carbonyl (C=O) groups is 2. The maximum Gasteiger partial charge on any atom is 0.195 e. The summed E-state index contributed by atoms with van der Waals surface area (Å²) in [7, 11) is 0. The lowest BCUT2D eigenvalue weighted by Gasteiger charge is -2.18. The van der Waals surface area contributed by atoms with Crippen LogP contribution in [0.15, 0.2) is 42.5 Å². The molecule has 0 N–H and O–H groups in total. The Hall–Kier alpha value is -2.66. The largest absolute Gasteiger partial charge is 0.289 e. The van der Waals surface area contributed by atoms with Crippen LogP contribution in [0.3, 0.4) is 0 Å². The first kappa shape index (κ1) is 15.2. The Morgan fingerprint density at radius 1 is 0.826 bits per heavy atom. The number of unbranched alkanes of at least 4 members (excludes halogenated alkanes) is 3. The van der Waals surface area contributed by atoms with Crippen molar-refractivity contribution in [1.29, 1.82) is 0 Å². The molecule has 2 aromatic carbocycles. The SMILES string of the molecule is CCCCCC#Cc1cccc2c1C(=O)c1ccccc1C2=O. The van der Waals surface area contributed by atoms with Crippen molar-refractivity contribution in [2.24, 2.45) is 0 Å².